The second kappa shape index (κ2) is 9.22. The van der Waals surface area contributed by atoms with Gasteiger partial charge in [-0.25, -0.2) is 8.42 Å². The molecule has 0 saturated carbocycles. The highest BCUT2D eigenvalue weighted by Gasteiger charge is 2.28. The highest BCUT2D eigenvalue weighted by atomic mass is 32.2. The number of hydrogen-bond donors (Lipinski definition) is 2. The molecule has 8 heteroatoms. The molecule has 2 aromatic carbocycles. The summed E-state index contributed by atoms with van der Waals surface area (Å²) in [7, 11) is -4.00. The van der Waals surface area contributed by atoms with Gasteiger partial charge in [0.2, 0.25) is 0 Å². The van der Waals surface area contributed by atoms with Crippen LogP contribution in [-0.2, 0) is 14.8 Å². The molecule has 0 fully saturated rings. The summed E-state index contributed by atoms with van der Waals surface area (Å²) < 4.78 is 28.0. The van der Waals surface area contributed by atoms with Crippen LogP contribution >= 0.6 is 11.3 Å². The quantitative estimate of drug-likeness (QED) is 0.545. The Morgan fingerprint density at radius 2 is 1.77 bits per heavy atom. The number of rotatable bonds is 8. The van der Waals surface area contributed by atoms with Crippen molar-refractivity contribution >= 4 is 27.3 Å². The SMILES string of the molecule is C[C@@H](C[C@@H](NS(=O)(=O)c1ccc(-c2ccc(C#N)cc2)s1)C(=O)O)c1ccccc1. The lowest BCUT2D eigenvalue weighted by Crippen LogP contribution is -2.41. The van der Waals surface area contributed by atoms with Crippen LogP contribution in [0.1, 0.15) is 30.4 Å². The molecule has 0 aliphatic heterocycles. The Morgan fingerprint density at radius 3 is 2.37 bits per heavy atom. The van der Waals surface area contributed by atoms with Crippen LogP contribution in [0.2, 0.25) is 0 Å². The fourth-order valence-corrected chi connectivity index (χ4v) is 5.57. The maximum absolute atomic E-state index is 12.8. The van der Waals surface area contributed by atoms with Gasteiger partial charge in [0.25, 0.3) is 10.0 Å². The summed E-state index contributed by atoms with van der Waals surface area (Å²) in [4.78, 5) is 12.4. The third-order valence-corrected chi connectivity index (χ3v) is 7.80. The van der Waals surface area contributed by atoms with Gasteiger partial charge < -0.3 is 5.11 Å². The van der Waals surface area contributed by atoms with Crippen LogP contribution in [0.3, 0.4) is 0 Å². The summed E-state index contributed by atoms with van der Waals surface area (Å²) >= 11 is 1.05. The van der Waals surface area contributed by atoms with E-state index in [0.717, 1.165) is 22.5 Å². The van der Waals surface area contributed by atoms with Gasteiger partial charge in [-0.3, -0.25) is 4.79 Å². The Hall–Kier alpha value is -2.99. The van der Waals surface area contributed by atoms with Crippen molar-refractivity contribution in [2.24, 2.45) is 0 Å². The van der Waals surface area contributed by atoms with E-state index in [2.05, 4.69) is 4.72 Å². The van der Waals surface area contributed by atoms with Crippen molar-refractivity contribution in [2.45, 2.75) is 29.5 Å². The summed E-state index contributed by atoms with van der Waals surface area (Å²) in [5, 5.41) is 18.5. The zero-order valence-electron chi connectivity index (χ0n) is 16.1. The van der Waals surface area contributed by atoms with Crippen LogP contribution in [0.5, 0.6) is 0 Å². The third-order valence-electron chi connectivity index (χ3n) is 4.70. The van der Waals surface area contributed by atoms with Gasteiger partial charge in [-0.05, 0) is 47.7 Å². The van der Waals surface area contributed by atoms with Gasteiger partial charge in [0.15, 0.2) is 0 Å². The normalized spacial score (nSPS) is 13.3. The van der Waals surface area contributed by atoms with Gasteiger partial charge in [-0.1, -0.05) is 49.4 Å². The zero-order valence-corrected chi connectivity index (χ0v) is 17.8. The molecule has 0 saturated heterocycles. The van der Waals surface area contributed by atoms with E-state index in [1.54, 1.807) is 30.3 Å². The van der Waals surface area contributed by atoms with Crippen LogP contribution in [0.25, 0.3) is 10.4 Å². The number of nitriles is 1. The van der Waals surface area contributed by atoms with Crippen molar-refractivity contribution in [1.29, 1.82) is 5.26 Å². The Bertz CT molecular complexity index is 1160. The molecule has 6 nitrogen and oxygen atoms in total. The lowest BCUT2D eigenvalue weighted by molar-refractivity contribution is -0.139. The fraction of sp³-hybridized carbons (Fsp3) is 0.182. The predicted molar refractivity (Wildman–Crippen MR) is 116 cm³/mol. The van der Waals surface area contributed by atoms with Crippen molar-refractivity contribution in [3.05, 3.63) is 77.9 Å². The minimum atomic E-state index is -4.00. The van der Waals surface area contributed by atoms with Crippen molar-refractivity contribution < 1.29 is 18.3 Å². The first kappa shape index (κ1) is 21.7. The average molecular weight is 441 g/mol. The molecule has 0 aliphatic carbocycles. The molecular weight excluding hydrogens is 420 g/mol. The summed E-state index contributed by atoms with van der Waals surface area (Å²) in [6.07, 6.45) is 0.131. The Kier molecular flexibility index (Phi) is 6.67. The fourth-order valence-electron chi connectivity index (χ4n) is 3.04. The number of benzene rings is 2. The standard InChI is InChI=1S/C22H20N2O4S2/c1-15(17-5-3-2-4-6-17)13-19(22(25)26)24-30(27,28)21-12-11-20(29-21)18-9-7-16(14-23)8-10-18/h2-12,15,19,24H,13H2,1H3,(H,25,26)/t15-,19+/m0/s1. The smallest absolute Gasteiger partial charge is 0.321 e. The van der Waals surface area contributed by atoms with Crippen LogP contribution in [0, 0.1) is 11.3 Å². The molecule has 3 rings (SSSR count). The monoisotopic (exact) mass is 440 g/mol. The number of nitrogens with zero attached hydrogens (tertiary/aromatic N) is 1. The number of aliphatic carboxylic acids is 1. The van der Waals surface area contributed by atoms with Gasteiger partial charge in [0, 0.05) is 4.88 Å². The average Bonchev–Trinajstić information content (AvgIpc) is 3.25. The van der Waals surface area contributed by atoms with Crippen LogP contribution in [0.4, 0.5) is 0 Å². The largest absolute Gasteiger partial charge is 0.480 e. The Balaban J connectivity index is 1.77. The summed E-state index contributed by atoms with van der Waals surface area (Å²) in [6, 6.07) is 20.1. The molecule has 0 radical (unpaired) electrons. The van der Waals surface area contributed by atoms with E-state index in [9.17, 15) is 18.3 Å². The lowest BCUT2D eigenvalue weighted by atomic mass is 9.94. The zero-order chi connectivity index (χ0) is 21.7. The molecule has 30 heavy (non-hydrogen) atoms. The molecule has 0 bridgehead atoms. The number of thiophene rings is 1. The second-order valence-electron chi connectivity index (χ2n) is 6.87. The first-order valence-electron chi connectivity index (χ1n) is 9.20. The molecule has 1 heterocycles. The molecule has 2 atom stereocenters. The van der Waals surface area contributed by atoms with Crippen molar-refractivity contribution in [3.63, 3.8) is 0 Å². The number of carboxylic acid groups (broad SMARTS) is 1. The number of nitrogens with one attached hydrogen (secondary N) is 1. The Labute approximate surface area is 179 Å². The summed E-state index contributed by atoms with van der Waals surface area (Å²) in [5.74, 6) is -1.35. The van der Waals surface area contributed by atoms with Crippen molar-refractivity contribution in [1.82, 2.24) is 4.72 Å². The first-order valence-corrected chi connectivity index (χ1v) is 11.5. The molecule has 0 amide bonds. The maximum atomic E-state index is 12.8. The molecule has 3 aromatic rings. The van der Waals surface area contributed by atoms with E-state index in [4.69, 9.17) is 5.26 Å². The number of carbonyl (C=O) groups is 1. The highest BCUT2D eigenvalue weighted by molar-refractivity contribution is 7.91. The molecule has 0 spiro atoms. The Morgan fingerprint density at radius 1 is 1.10 bits per heavy atom. The van der Waals surface area contributed by atoms with E-state index >= 15 is 0 Å². The highest BCUT2D eigenvalue weighted by Crippen LogP contribution is 2.31. The van der Waals surface area contributed by atoms with Crippen LogP contribution < -0.4 is 4.72 Å². The van der Waals surface area contributed by atoms with Crippen molar-refractivity contribution in [2.75, 3.05) is 0 Å². The summed E-state index contributed by atoms with van der Waals surface area (Å²) in [5.41, 5.74) is 2.25. The van der Waals surface area contributed by atoms with Gasteiger partial charge in [-0.2, -0.15) is 9.98 Å². The van der Waals surface area contributed by atoms with E-state index in [0.29, 0.717) is 10.4 Å². The maximum Gasteiger partial charge on any atom is 0.321 e. The molecule has 2 N–H and O–H groups in total. The lowest BCUT2D eigenvalue weighted by Gasteiger charge is -2.19. The van der Waals surface area contributed by atoms with Gasteiger partial charge in [0.05, 0.1) is 11.6 Å². The summed E-state index contributed by atoms with van der Waals surface area (Å²) in [6.45, 7) is 1.87. The van der Waals surface area contributed by atoms with Crippen LogP contribution in [-0.4, -0.2) is 25.5 Å². The minimum Gasteiger partial charge on any atom is -0.480 e. The van der Waals surface area contributed by atoms with E-state index in [1.165, 1.54) is 6.07 Å². The number of hydrogen-bond acceptors (Lipinski definition) is 5. The first-order chi connectivity index (χ1) is 14.3. The predicted octanol–water partition coefficient (Wildman–Crippen LogP) is 4.21. The van der Waals surface area contributed by atoms with E-state index < -0.39 is 22.0 Å². The second-order valence-corrected chi connectivity index (χ2v) is 9.89. The van der Waals surface area contributed by atoms with Crippen molar-refractivity contribution in [3.8, 4) is 16.5 Å². The topological polar surface area (TPSA) is 107 Å². The molecule has 0 aliphatic rings. The van der Waals surface area contributed by atoms with Gasteiger partial charge in [0.1, 0.15) is 10.3 Å². The van der Waals surface area contributed by atoms with E-state index in [1.807, 2.05) is 43.3 Å². The minimum absolute atomic E-state index is 0.0421. The number of sulfonamides is 1. The molecule has 1 aromatic heterocycles. The number of carboxylic acids is 1. The molecular formula is C22H20N2O4S2. The van der Waals surface area contributed by atoms with Crippen LogP contribution in [0.15, 0.2) is 70.9 Å². The molecule has 0 unspecified atom stereocenters. The third kappa shape index (κ3) is 5.13. The van der Waals surface area contributed by atoms with Gasteiger partial charge in [-0.15, -0.1) is 11.3 Å². The van der Waals surface area contributed by atoms with E-state index in [-0.39, 0.29) is 16.5 Å². The van der Waals surface area contributed by atoms with Gasteiger partial charge >= 0.3 is 5.97 Å². The molecule has 154 valence electrons.